The molecule has 0 spiro atoms. The number of imide groups is 1. The number of nitrogens with zero attached hydrogens (tertiary/aromatic N) is 2. The standard InChI is InChI=1S/C26H21ClN2O4/c27-18-10-7-16(8-11-18)14-17-9-12-20-24(19-4-1-2-5-21(19)28-25(17)20)26(32)33-15-23(31)29-13-3-6-22(29)30/h1-2,4-5,7-8,10-11,14H,3,6,9,12-13,15H2. The molecule has 6 nitrogen and oxygen atoms in total. The topological polar surface area (TPSA) is 76.6 Å². The molecule has 1 aliphatic carbocycles. The van der Waals surface area contributed by atoms with E-state index in [0.29, 0.717) is 47.3 Å². The highest BCUT2D eigenvalue weighted by molar-refractivity contribution is 6.30. The number of carbonyl (C=O) groups excluding carboxylic acids is 3. The molecule has 1 fully saturated rings. The highest BCUT2D eigenvalue weighted by atomic mass is 35.5. The SMILES string of the molecule is O=C(OCC(=O)N1CCCC1=O)c1c2c(nc3ccccc13)C(=Cc1ccc(Cl)cc1)CC2. The number of likely N-dealkylation sites (tertiary alicyclic amines) is 1. The van der Waals surface area contributed by atoms with Gasteiger partial charge in [-0.1, -0.05) is 41.9 Å². The summed E-state index contributed by atoms with van der Waals surface area (Å²) in [5, 5.41) is 1.36. The first-order valence-electron chi connectivity index (χ1n) is 10.9. The largest absolute Gasteiger partial charge is 0.452 e. The zero-order valence-electron chi connectivity index (χ0n) is 17.8. The van der Waals surface area contributed by atoms with E-state index in [9.17, 15) is 14.4 Å². The number of benzene rings is 2. The van der Waals surface area contributed by atoms with Crippen LogP contribution in [0.5, 0.6) is 0 Å². The molecule has 1 saturated heterocycles. The number of aromatic nitrogens is 1. The summed E-state index contributed by atoms with van der Waals surface area (Å²) < 4.78 is 5.41. The monoisotopic (exact) mass is 460 g/mol. The number of fused-ring (bicyclic) bond motifs is 2. The number of pyridine rings is 1. The predicted octanol–water partition coefficient (Wildman–Crippen LogP) is 4.68. The van der Waals surface area contributed by atoms with Gasteiger partial charge in [-0.2, -0.15) is 0 Å². The van der Waals surface area contributed by atoms with Gasteiger partial charge in [-0.25, -0.2) is 9.78 Å². The number of carbonyl (C=O) groups is 3. The molecule has 7 heteroatoms. The number of ether oxygens (including phenoxy) is 1. The van der Waals surface area contributed by atoms with Gasteiger partial charge >= 0.3 is 5.97 Å². The van der Waals surface area contributed by atoms with Crippen LogP contribution in [-0.4, -0.2) is 40.8 Å². The maximum Gasteiger partial charge on any atom is 0.339 e. The molecule has 5 rings (SSSR count). The van der Waals surface area contributed by atoms with Gasteiger partial charge in [0.15, 0.2) is 6.61 Å². The van der Waals surface area contributed by atoms with E-state index in [1.165, 1.54) is 0 Å². The molecule has 0 N–H and O–H groups in total. The maximum atomic E-state index is 13.2. The Balaban J connectivity index is 1.48. The average Bonchev–Trinajstić information content (AvgIpc) is 3.43. The summed E-state index contributed by atoms with van der Waals surface area (Å²) in [5.74, 6) is -1.27. The first-order valence-corrected chi connectivity index (χ1v) is 11.3. The molecule has 0 atom stereocenters. The Kier molecular flexibility index (Phi) is 5.68. The van der Waals surface area contributed by atoms with Crippen LogP contribution in [0.4, 0.5) is 0 Å². The summed E-state index contributed by atoms with van der Waals surface area (Å²) >= 11 is 6.00. The summed E-state index contributed by atoms with van der Waals surface area (Å²) in [4.78, 5) is 43.4. The van der Waals surface area contributed by atoms with Crippen LogP contribution in [0, 0.1) is 0 Å². The van der Waals surface area contributed by atoms with Crippen molar-refractivity contribution in [1.82, 2.24) is 9.88 Å². The molecule has 1 aliphatic heterocycles. The van der Waals surface area contributed by atoms with E-state index < -0.39 is 18.5 Å². The van der Waals surface area contributed by atoms with Gasteiger partial charge in [-0.3, -0.25) is 14.5 Å². The van der Waals surface area contributed by atoms with E-state index in [1.807, 2.05) is 48.5 Å². The third-order valence-electron chi connectivity index (χ3n) is 6.06. The molecule has 0 bridgehead atoms. The van der Waals surface area contributed by atoms with Gasteiger partial charge in [0.2, 0.25) is 5.91 Å². The smallest absolute Gasteiger partial charge is 0.339 e. The van der Waals surface area contributed by atoms with Gasteiger partial charge in [0.25, 0.3) is 5.91 Å². The number of rotatable bonds is 4. The van der Waals surface area contributed by atoms with E-state index in [1.54, 1.807) is 0 Å². The van der Waals surface area contributed by atoms with Crippen molar-refractivity contribution in [2.24, 2.45) is 0 Å². The second-order valence-corrected chi connectivity index (χ2v) is 8.61. The van der Waals surface area contributed by atoms with Crippen molar-refractivity contribution in [3.8, 4) is 0 Å². The van der Waals surface area contributed by atoms with Crippen LogP contribution in [0.25, 0.3) is 22.6 Å². The number of para-hydroxylation sites is 1. The van der Waals surface area contributed by atoms with Crippen molar-refractivity contribution < 1.29 is 19.1 Å². The van der Waals surface area contributed by atoms with Crippen LogP contribution in [-0.2, 0) is 20.7 Å². The number of halogens is 1. The van der Waals surface area contributed by atoms with Crippen LogP contribution in [0.3, 0.4) is 0 Å². The average molecular weight is 461 g/mol. The number of hydrogen-bond donors (Lipinski definition) is 0. The Bertz CT molecular complexity index is 1310. The summed E-state index contributed by atoms with van der Waals surface area (Å²) in [6, 6.07) is 15.0. The quantitative estimate of drug-likeness (QED) is 0.528. The van der Waals surface area contributed by atoms with Crippen molar-refractivity contribution in [2.75, 3.05) is 13.2 Å². The van der Waals surface area contributed by atoms with E-state index >= 15 is 0 Å². The number of amides is 2. The lowest BCUT2D eigenvalue weighted by Gasteiger charge is -2.15. The molecule has 2 heterocycles. The molecule has 2 aliphatic rings. The van der Waals surface area contributed by atoms with Crippen LogP contribution < -0.4 is 0 Å². The van der Waals surface area contributed by atoms with Gasteiger partial charge < -0.3 is 4.74 Å². The fourth-order valence-electron chi connectivity index (χ4n) is 4.46. The van der Waals surface area contributed by atoms with Crippen molar-refractivity contribution >= 4 is 51.9 Å². The molecule has 0 saturated carbocycles. The summed E-state index contributed by atoms with van der Waals surface area (Å²) in [5.41, 5.74) is 4.76. The Hall–Kier alpha value is -3.51. The Morgan fingerprint density at radius 2 is 1.85 bits per heavy atom. The third kappa shape index (κ3) is 4.14. The third-order valence-corrected chi connectivity index (χ3v) is 6.31. The molecular formula is C26H21ClN2O4. The van der Waals surface area contributed by atoms with Crippen LogP contribution in [0.2, 0.25) is 5.02 Å². The molecular weight excluding hydrogens is 440 g/mol. The normalized spacial score (nSPS) is 16.5. The lowest BCUT2D eigenvalue weighted by molar-refractivity contribution is -0.143. The highest BCUT2D eigenvalue weighted by Crippen LogP contribution is 2.38. The van der Waals surface area contributed by atoms with Crippen LogP contribution in [0.15, 0.2) is 48.5 Å². The van der Waals surface area contributed by atoms with E-state index in [0.717, 1.165) is 33.7 Å². The highest BCUT2D eigenvalue weighted by Gasteiger charge is 2.30. The van der Waals surface area contributed by atoms with E-state index in [2.05, 4.69) is 6.08 Å². The minimum absolute atomic E-state index is 0.219. The molecule has 0 radical (unpaired) electrons. The lowest BCUT2D eigenvalue weighted by atomic mass is 10.0. The number of allylic oxidation sites excluding steroid dienone is 1. The van der Waals surface area contributed by atoms with Crippen molar-refractivity contribution in [3.63, 3.8) is 0 Å². The first-order chi connectivity index (χ1) is 16.0. The van der Waals surface area contributed by atoms with Crippen LogP contribution >= 0.6 is 11.6 Å². The Morgan fingerprint density at radius 1 is 1.06 bits per heavy atom. The molecule has 33 heavy (non-hydrogen) atoms. The fraction of sp³-hybridized carbons (Fsp3) is 0.231. The predicted molar refractivity (Wildman–Crippen MR) is 126 cm³/mol. The molecule has 2 amide bonds. The maximum absolute atomic E-state index is 13.2. The van der Waals surface area contributed by atoms with Gasteiger partial charge in [-0.15, -0.1) is 0 Å². The minimum atomic E-state index is -0.572. The van der Waals surface area contributed by atoms with Gasteiger partial charge in [0.05, 0.1) is 16.8 Å². The summed E-state index contributed by atoms with van der Waals surface area (Å²) in [7, 11) is 0. The lowest BCUT2D eigenvalue weighted by Crippen LogP contribution is -2.35. The number of hydrogen-bond acceptors (Lipinski definition) is 5. The Labute approximate surface area is 195 Å². The molecule has 3 aromatic rings. The molecule has 166 valence electrons. The Morgan fingerprint density at radius 3 is 2.61 bits per heavy atom. The first kappa shape index (κ1) is 21.3. The second kappa shape index (κ2) is 8.79. The van der Waals surface area contributed by atoms with E-state index in [4.69, 9.17) is 21.3 Å². The molecule has 2 aromatic carbocycles. The second-order valence-electron chi connectivity index (χ2n) is 8.17. The summed E-state index contributed by atoms with van der Waals surface area (Å²) in [6.45, 7) is -0.0783. The van der Waals surface area contributed by atoms with Gasteiger partial charge in [0, 0.05) is 23.4 Å². The molecule has 0 unspecified atom stereocenters. The van der Waals surface area contributed by atoms with Crippen LogP contribution in [0.1, 0.15) is 46.4 Å². The fourth-order valence-corrected chi connectivity index (χ4v) is 4.59. The van der Waals surface area contributed by atoms with E-state index in [-0.39, 0.29) is 5.91 Å². The van der Waals surface area contributed by atoms with Crippen molar-refractivity contribution in [2.45, 2.75) is 25.7 Å². The zero-order chi connectivity index (χ0) is 22.9. The van der Waals surface area contributed by atoms with Gasteiger partial charge in [-0.05, 0) is 60.2 Å². The minimum Gasteiger partial charge on any atom is -0.452 e. The zero-order valence-corrected chi connectivity index (χ0v) is 18.6. The van der Waals surface area contributed by atoms with Crippen molar-refractivity contribution in [1.29, 1.82) is 0 Å². The molecule has 1 aromatic heterocycles. The number of esters is 1. The van der Waals surface area contributed by atoms with Crippen molar-refractivity contribution in [3.05, 3.63) is 75.9 Å². The van der Waals surface area contributed by atoms with Gasteiger partial charge in [0.1, 0.15) is 0 Å². The summed E-state index contributed by atoms with van der Waals surface area (Å²) in [6.07, 6.45) is 4.44.